The number of ether oxygens (including phenoxy) is 2. The Kier molecular flexibility index (Phi) is 16.9. The van der Waals surface area contributed by atoms with Crippen molar-refractivity contribution in [2.75, 3.05) is 6.61 Å². The standard InChI is InChI=1S/C28H39F21O7Si4/c1-16(29)19(30,31)20(32,33)21(34,35)22(36,37)23(38,39)24(40,41)25(42,43)26(44,45)27(46,47)28(48,49)53-18(51)13-12-17(50)52-14-11-15-60(54-57(2,3)4,55-58(5,6)7)56-59(8,9)10/h12-13,16H,11,14-15H2,1-10H3. The Morgan fingerprint density at radius 3 is 1.07 bits per heavy atom. The van der Waals surface area contributed by atoms with Gasteiger partial charge in [-0.1, -0.05) is 0 Å². The number of halogens is 21. The van der Waals surface area contributed by atoms with E-state index < -0.39 is 131 Å². The Morgan fingerprint density at radius 1 is 0.483 bits per heavy atom. The fourth-order valence-electron chi connectivity index (χ4n) is 4.31. The Bertz CT molecular complexity index is 1500. The van der Waals surface area contributed by atoms with Crippen LogP contribution in [0.3, 0.4) is 0 Å². The molecule has 0 bridgehead atoms. The molecule has 0 aliphatic carbocycles. The summed E-state index contributed by atoms with van der Waals surface area (Å²) in [5.74, 6) is -83.7. The lowest BCUT2D eigenvalue weighted by atomic mass is 9.85. The van der Waals surface area contributed by atoms with E-state index >= 15 is 0 Å². The topological polar surface area (TPSA) is 80.3 Å². The van der Waals surface area contributed by atoms with Crippen LogP contribution in [0, 0.1) is 0 Å². The minimum Gasteiger partial charge on any atom is -0.463 e. The van der Waals surface area contributed by atoms with Gasteiger partial charge in [-0.2, -0.15) is 87.8 Å². The first-order chi connectivity index (χ1) is 25.8. The van der Waals surface area contributed by atoms with Crippen LogP contribution in [0.15, 0.2) is 12.2 Å². The predicted molar refractivity (Wildman–Crippen MR) is 175 cm³/mol. The Morgan fingerprint density at radius 2 is 0.767 bits per heavy atom. The molecule has 1 atom stereocenters. The summed E-state index contributed by atoms with van der Waals surface area (Å²) in [6.07, 6.45) is -13.4. The fourth-order valence-corrected chi connectivity index (χ4v) is 18.9. The normalized spacial score (nSPS) is 16.3. The van der Waals surface area contributed by atoms with E-state index in [9.17, 15) is 102 Å². The summed E-state index contributed by atoms with van der Waals surface area (Å²) in [7, 11) is -10.8. The molecule has 60 heavy (non-hydrogen) atoms. The van der Waals surface area contributed by atoms with E-state index in [1.165, 1.54) is 0 Å². The van der Waals surface area contributed by atoms with Crippen molar-refractivity contribution in [1.82, 2.24) is 0 Å². The van der Waals surface area contributed by atoms with Gasteiger partial charge in [-0.25, -0.2) is 14.0 Å². The number of carbonyl (C=O) groups excluding carboxylic acids is 2. The van der Waals surface area contributed by atoms with Gasteiger partial charge in [0.05, 0.1) is 6.61 Å². The summed E-state index contributed by atoms with van der Waals surface area (Å²) in [5, 5.41) is 0. The molecular weight excluding hydrogens is 960 g/mol. The van der Waals surface area contributed by atoms with Gasteiger partial charge in [0.2, 0.25) is 0 Å². The number of carbonyl (C=O) groups is 2. The number of hydrogen-bond acceptors (Lipinski definition) is 7. The molecule has 0 fully saturated rings. The summed E-state index contributed by atoms with van der Waals surface area (Å²) >= 11 is 0. The summed E-state index contributed by atoms with van der Waals surface area (Å²) in [6, 6.07) is -0.00309. The molecule has 0 aromatic carbocycles. The van der Waals surface area contributed by atoms with E-state index in [2.05, 4.69) is 9.47 Å². The predicted octanol–water partition coefficient (Wildman–Crippen LogP) is 11.2. The average Bonchev–Trinajstić information content (AvgIpc) is 2.98. The Hall–Kier alpha value is -2.04. The third-order valence-corrected chi connectivity index (χ3v) is 18.9. The van der Waals surface area contributed by atoms with Crippen LogP contribution in [0.4, 0.5) is 92.2 Å². The zero-order valence-electron chi connectivity index (χ0n) is 32.6. The van der Waals surface area contributed by atoms with Crippen LogP contribution in [0.2, 0.25) is 65.0 Å². The first-order valence-electron chi connectivity index (χ1n) is 16.4. The highest BCUT2D eigenvalue weighted by Crippen LogP contribution is 2.66. The van der Waals surface area contributed by atoms with Gasteiger partial charge in [0, 0.05) is 18.2 Å². The molecule has 0 aromatic heterocycles. The van der Waals surface area contributed by atoms with Crippen LogP contribution in [0.5, 0.6) is 0 Å². The fraction of sp³-hybridized carbons (Fsp3) is 0.857. The van der Waals surface area contributed by atoms with Crippen molar-refractivity contribution in [3.63, 3.8) is 0 Å². The molecule has 0 spiro atoms. The van der Waals surface area contributed by atoms with Gasteiger partial charge in [0.15, 0.2) is 31.1 Å². The minimum absolute atomic E-state index is 0.00309. The van der Waals surface area contributed by atoms with Crippen molar-refractivity contribution in [3.8, 4) is 0 Å². The second-order valence-corrected chi connectivity index (χ2v) is 32.7. The van der Waals surface area contributed by atoms with Crippen molar-refractivity contribution in [2.45, 2.75) is 144 Å². The number of rotatable bonds is 23. The monoisotopic (exact) mass is 998 g/mol. The van der Waals surface area contributed by atoms with Crippen LogP contribution < -0.4 is 0 Å². The molecule has 0 amide bonds. The zero-order chi connectivity index (χ0) is 48.8. The molecular formula is C28H39F21O7Si4. The third kappa shape index (κ3) is 11.6. The van der Waals surface area contributed by atoms with Gasteiger partial charge in [-0.15, -0.1) is 0 Å². The van der Waals surface area contributed by atoms with Crippen molar-refractivity contribution in [3.05, 3.63) is 12.2 Å². The molecule has 0 aliphatic heterocycles. The summed E-state index contributed by atoms with van der Waals surface area (Å²) < 4.78 is 317. The number of alkyl halides is 21. The summed E-state index contributed by atoms with van der Waals surface area (Å²) in [5.41, 5.74) is 0. The van der Waals surface area contributed by atoms with Gasteiger partial charge in [0.25, 0.3) is 0 Å². The first kappa shape index (κ1) is 58.0. The number of esters is 2. The van der Waals surface area contributed by atoms with Gasteiger partial charge in [-0.3, -0.25) is 0 Å². The molecule has 32 heteroatoms. The highest BCUT2D eigenvalue weighted by atomic mass is 28.5. The highest BCUT2D eigenvalue weighted by Gasteiger charge is 2.98. The van der Waals surface area contributed by atoms with Crippen LogP contribution in [0.25, 0.3) is 0 Å². The summed E-state index contributed by atoms with van der Waals surface area (Å²) in [6.45, 7) is 14.9. The van der Waals surface area contributed by atoms with Gasteiger partial charge < -0.3 is 21.8 Å². The molecule has 0 saturated heterocycles. The minimum atomic E-state index is -9.33. The average molecular weight is 999 g/mol. The first-order valence-corrected chi connectivity index (χ1v) is 28.6. The van der Waals surface area contributed by atoms with Gasteiger partial charge in [-0.05, 0) is 72.3 Å². The second kappa shape index (κ2) is 17.5. The summed E-state index contributed by atoms with van der Waals surface area (Å²) in [4.78, 5) is 23.7. The van der Waals surface area contributed by atoms with Crippen LogP contribution >= 0.6 is 0 Å². The zero-order valence-corrected chi connectivity index (χ0v) is 36.6. The van der Waals surface area contributed by atoms with E-state index in [1.807, 2.05) is 58.9 Å². The highest BCUT2D eigenvalue weighted by molar-refractivity contribution is 6.90. The van der Waals surface area contributed by atoms with Crippen molar-refractivity contribution >= 4 is 45.7 Å². The van der Waals surface area contributed by atoms with Crippen molar-refractivity contribution < 1.29 is 124 Å². The molecule has 7 nitrogen and oxygen atoms in total. The molecule has 0 N–H and O–H groups in total. The van der Waals surface area contributed by atoms with Crippen LogP contribution in [-0.2, 0) is 31.4 Å². The van der Waals surface area contributed by atoms with E-state index in [0.717, 1.165) is 0 Å². The van der Waals surface area contributed by atoms with Crippen LogP contribution in [0.1, 0.15) is 13.3 Å². The van der Waals surface area contributed by atoms with E-state index in [0.29, 0.717) is 0 Å². The van der Waals surface area contributed by atoms with E-state index in [-0.39, 0.29) is 18.5 Å². The SMILES string of the molecule is CC(F)C(F)(F)C(F)(F)C(F)(F)C(F)(F)C(F)(F)C(F)(F)C(F)(F)C(F)(F)C(F)(F)C(F)(F)OC(=O)C=CC(=O)OCCC[Si](O[Si](C)(C)C)(O[Si](C)(C)C)O[Si](C)(C)C. The van der Waals surface area contributed by atoms with E-state index in [1.54, 1.807) is 0 Å². The van der Waals surface area contributed by atoms with Crippen LogP contribution in [-0.4, -0.2) is 118 Å². The Labute approximate surface area is 332 Å². The van der Waals surface area contributed by atoms with E-state index in [4.69, 9.17) is 12.3 Å². The molecule has 0 aromatic rings. The molecule has 1 unspecified atom stereocenters. The molecule has 0 aliphatic rings. The largest absolute Gasteiger partial charge is 0.473 e. The molecule has 0 saturated carbocycles. The van der Waals surface area contributed by atoms with Gasteiger partial charge in [0.1, 0.15) is 0 Å². The quantitative estimate of drug-likeness (QED) is 0.0332. The lowest BCUT2D eigenvalue weighted by Crippen LogP contribution is -2.77. The lowest BCUT2D eigenvalue weighted by Gasteiger charge is -2.44. The van der Waals surface area contributed by atoms with Crippen molar-refractivity contribution in [2.24, 2.45) is 0 Å². The second-order valence-electron chi connectivity index (χ2n) is 15.7. The van der Waals surface area contributed by atoms with Gasteiger partial charge >= 0.3 is 80.2 Å². The maximum atomic E-state index is 14.2. The molecule has 356 valence electrons. The lowest BCUT2D eigenvalue weighted by molar-refractivity contribution is -0.479. The third-order valence-electron chi connectivity index (χ3n) is 6.89. The maximum Gasteiger partial charge on any atom is 0.473 e. The Balaban J connectivity index is 6.40. The number of hydrogen-bond donors (Lipinski definition) is 0. The molecule has 0 heterocycles. The maximum absolute atomic E-state index is 14.2. The van der Waals surface area contributed by atoms with Crippen molar-refractivity contribution in [1.29, 1.82) is 0 Å². The molecule has 0 radical (unpaired) electrons. The smallest absolute Gasteiger partial charge is 0.463 e. The molecule has 0 rings (SSSR count).